The maximum Gasteiger partial charge on any atom is 0.418 e. The normalized spacial score (nSPS) is 24.9. The fourth-order valence-corrected chi connectivity index (χ4v) is 0.693. The summed E-state index contributed by atoms with van der Waals surface area (Å²) in [5, 5.41) is 0. The lowest BCUT2D eigenvalue weighted by Crippen LogP contribution is -1.84. The van der Waals surface area contributed by atoms with Gasteiger partial charge in [0.1, 0.15) is 0 Å². The van der Waals surface area contributed by atoms with Gasteiger partial charge < -0.3 is 8.37 Å². The van der Waals surface area contributed by atoms with Crippen LogP contribution < -0.4 is 0 Å². The van der Waals surface area contributed by atoms with Gasteiger partial charge in [-0.3, -0.25) is 0 Å². The molecule has 8 heavy (non-hydrogen) atoms. The van der Waals surface area contributed by atoms with Gasteiger partial charge in [0.15, 0.2) is 6.26 Å². The van der Waals surface area contributed by atoms with E-state index < -0.39 is 11.4 Å². The van der Waals surface area contributed by atoms with Gasteiger partial charge in [0.05, 0.1) is 0 Å². The van der Waals surface area contributed by atoms with E-state index in [9.17, 15) is 4.21 Å². The monoisotopic (exact) mass is 130 g/mol. The molecule has 42 valence electrons. The van der Waals surface area contributed by atoms with Crippen LogP contribution in [-0.4, -0.2) is 4.21 Å². The van der Waals surface area contributed by atoms with E-state index in [4.69, 9.17) is 6.42 Å². The highest BCUT2D eigenvalue weighted by molar-refractivity contribution is 7.75. The Labute approximate surface area is 49.2 Å². The highest BCUT2D eigenvalue weighted by Gasteiger charge is 2.11. The summed E-state index contributed by atoms with van der Waals surface area (Å²) in [5.41, 5.74) is 0. The van der Waals surface area contributed by atoms with E-state index in [1.165, 1.54) is 0 Å². The van der Waals surface area contributed by atoms with E-state index in [2.05, 4.69) is 14.3 Å². The summed E-state index contributed by atoms with van der Waals surface area (Å²) in [6.45, 7) is 0. The van der Waals surface area contributed by atoms with Crippen molar-refractivity contribution in [3.05, 3.63) is 12.0 Å². The van der Waals surface area contributed by atoms with Crippen molar-refractivity contribution in [1.29, 1.82) is 0 Å². The molecule has 0 aromatic rings. The molecule has 0 bridgehead atoms. The molecule has 0 aromatic carbocycles. The first kappa shape index (κ1) is 5.19. The molecule has 1 aliphatic heterocycles. The first-order valence-electron chi connectivity index (χ1n) is 1.77. The Kier molecular flexibility index (Phi) is 1.22. The summed E-state index contributed by atoms with van der Waals surface area (Å²) < 4.78 is 18.8. The molecule has 0 fully saturated rings. The fraction of sp³-hybridized carbons (Fsp3) is 0. The maximum atomic E-state index is 10.1. The van der Waals surface area contributed by atoms with Crippen LogP contribution >= 0.6 is 0 Å². The van der Waals surface area contributed by atoms with Crippen LogP contribution in [0.15, 0.2) is 12.0 Å². The molecule has 0 spiro atoms. The highest BCUT2D eigenvalue weighted by Crippen LogP contribution is 2.08. The minimum absolute atomic E-state index is 0.170. The van der Waals surface area contributed by atoms with E-state index in [0.29, 0.717) is 0 Å². The first-order valence-corrected chi connectivity index (χ1v) is 2.77. The zero-order valence-electron chi connectivity index (χ0n) is 3.79. The van der Waals surface area contributed by atoms with E-state index in [0.717, 1.165) is 6.26 Å². The minimum Gasteiger partial charge on any atom is -0.374 e. The largest absolute Gasteiger partial charge is 0.418 e. The lowest BCUT2D eigenvalue weighted by atomic mass is 10.6. The Morgan fingerprint density at radius 1 is 1.88 bits per heavy atom. The van der Waals surface area contributed by atoms with Gasteiger partial charge in [-0.05, 0) is 5.92 Å². The van der Waals surface area contributed by atoms with Crippen LogP contribution in [0.2, 0.25) is 0 Å². The third kappa shape index (κ3) is 0.820. The third-order valence-electron chi connectivity index (χ3n) is 0.534. The molecular formula is C4H2O3S. The quantitative estimate of drug-likeness (QED) is 0.436. The van der Waals surface area contributed by atoms with Gasteiger partial charge in [-0.2, -0.15) is 4.21 Å². The average Bonchev–Trinajstić information content (AvgIpc) is 2.14. The molecule has 1 atom stereocenters. The molecule has 3 nitrogen and oxygen atoms in total. The topological polar surface area (TPSA) is 35.5 Å². The Bertz CT molecular complexity index is 188. The predicted molar refractivity (Wildman–Crippen MR) is 27.2 cm³/mol. The Balaban J connectivity index is 2.66. The number of rotatable bonds is 0. The Hall–Kier alpha value is -0.950. The van der Waals surface area contributed by atoms with E-state index in [1.807, 2.05) is 0 Å². The molecule has 0 aliphatic carbocycles. The van der Waals surface area contributed by atoms with Gasteiger partial charge in [-0.1, -0.05) is 0 Å². The number of terminal acetylenes is 1. The molecule has 0 aromatic heterocycles. The fourth-order valence-electron chi connectivity index (χ4n) is 0.254. The van der Waals surface area contributed by atoms with E-state index in [1.54, 1.807) is 0 Å². The lowest BCUT2D eigenvalue weighted by molar-refractivity contribution is 0.441. The molecule has 0 N–H and O–H groups in total. The summed E-state index contributed by atoms with van der Waals surface area (Å²) >= 11 is -1.69. The number of hydrogen-bond donors (Lipinski definition) is 0. The van der Waals surface area contributed by atoms with E-state index in [-0.39, 0.29) is 5.76 Å². The smallest absolute Gasteiger partial charge is 0.374 e. The van der Waals surface area contributed by atoms with Crippen LogP contribution in [0.1, 0.15) is 0 Å². The van der Waals surface area contributed by atoms with Crippen LogP contribution in [0.25, 0.3) is 0 Å². The Morgan fingerprint density at radius 2 is 2.62 bits per heavy atom. The second-order valence-corrected chi connectivity index (χ2v) is 1.78. The van der Waals surface area contributed by atoms with Crippen molar-refractivity contribution in [2.45, 2.75) is 0 Å². The van der Waals surface area contributed by atoms with E-state index >= 15 is 0 Å². The maximum absolute atomic E-state index is 10.1. The predicted octanol–water partition coefficient (Wildman–Crippen LogP) is 0.0865. The molecule has 0 amide bonds. The molecule has 0 radical (unpaired) electrons. The standard InChI is InChI=1S/C4H2O3S/c1-2-4-3-6-8(5)7-4/h1,3H. The number of allylic oxidation sites excluding steroid dienone is 1. The summed E-state index contributed by atoms with van der Waals surface area (Å²) in [6, 6.07) is 0. The molecule has 4 heteroatoms. The van der Waals surface area contributed by atoms with Gasteiger partial charge in [-0.15, -0.1) is 6.42 Å². The summed E-state index contributed by atoms with van der Waals surface area (Å²) in [7, 11) is 0. The van der Waals surface area contributed by atoms with Crippen LogP contribution in [0.4, 0.5) is 0 Å². The molecular weight excluding hydrogens is 128 g/mol. The SMILES string of the molecule is C#CC1=COS(=O)O1. The van der Waals surface area contributed by atoms with Crippen molar-refractivity contribution in [2.75, 3.05) is 0 Å². The average molecular weight is 130 g/mol. The molecule has 1 aliphatic rings. The summed E-state index contributed by atoms with van der Waals surface area (Å²) in [4.78, 5) is 0. The third-order valence-corrected chi connectivity index (χ3v) is 1.10. The van der Waals surface area contributed by atoms with Gasteiger partial charge >= 0.3 is 11.4 Å². The van der Waals surface area contributed by atoms with Crippen molar-refractivity contribution in [3.8, 4) is 12.3 Å². The zero-order valence-corrected chi connectivity index (χ0v) is 4.60. The second-order valence-electron chi connectivity index (χ2n) is 1.01. The minimum atomic E-state index is -1.69. The van der Waals surface area contributed by atoms with Gasteiger partial charge in [0, 0.05) is 0 Å². The van der Waals surface area contributed by atoms with Crippen LogP contribution in [0.3, 0.4) is 0 Å². The summed E-state index contributed by atoms with van der Waals surface area (Å²) in [5.74, 6) is 2.28. The van der Waals surface area contributed by atoms with Crippen molar-refractivity contribution < 1.29 is 12.6 Å². The molecule has 1 rings (SSSR count). The van der Waals surface area contributed by atoms with Crippen molar-refractivity contribution in [2.24, 2.45) is 0 Å². The molecule has 1 unspecified atom stereocenters. The van der Waals surface area contributed by atoms with Crippen molar-refractivity contribution >= 4 is 11.4 Å². The van der Waals surface area contributed by atoms with Gasteiger partial charge in [0.25, 0.3) is 0 Å². The number of hydrogen-bond acceptors (Lipinski definition) is 3. The second kappa shape index (κ2) is 1.88. The van der Waals surface area contributed by atoms with Crippen LogP contribution in [0, 0.1) is 12.3 Å². The molecule has 0 saturated heterocycles. The van der Waals surface area contributed by atoms with Crippen molar-refractivity contribution in [1.82, 2.24) is 0 Å². The lowest BCUT2D eigenvalue weighted by Gasteiger charge is -1.84. The van der Waals surface area contributed by atoms with Crippen LogP contribution in [-0.2, 0) is 19.7 Å². The van der Waals surface area contributed by atoms with Gasteiger partial charge in [0.2, 0.25) is 5.76 Å². The van der Waals surface area contributed by atoms with Gasteiger partial charge in [-0.25, -0.2) is 0 Å². The molecule has 1 heterocycles. The molecule has 0 saturated carbocycles. The van der Waals surface area contributed by atoms with Crippen molar-refractivity contribution in [3.63, 3.8) is 0 Å². The van der Waals surface area contributed by atoms with Crippen LogP contribution in [0.5, 0.6) is 0 Å². The first-order chi connectivity index (χ1) is 3.83. The highest BCUT2D eigenvalue weighted by atomic mass is 32.2. The Morgan fingerprint density at radius 3 is 2.88 bits per heavy atom. The summed E-state index contributed by atoms with van der Waals surface area (Å²) in [6.07, 6.45) is 5.97. The zero-order chi connectivity index (χ0) is 5.98.